The zero-order valence-electron chi connectivity index (χ0n) is 10.4. The molecular formula is C13H25N. The van der Waals surface area contributed by atoms with Crippen molar-refractivity contribution in [3.8, 4) is 0 Å². The minimum Gasteiger partial charge on any atom is -0.298 e. The van der Waals surface area contributed by atoms with Crippen LogP contribution in [0.15, 0.2) is 0 Å². The molecule has 82 valence electrons. The van der Waals surface area contributed by atoms with Crippen LogP contribution in [0.4, 0.5) is 0 Å². The number of hydrogen-bond donors (Lipinski definition) is 0. The van der Waals surface area contributed by atoms with Crippen molar-refractivity contribution >= 4 is 0 Å². The van der Waals surface area contributed by atoms with Gasteiger partial charge in [-0.3, -0.25) is 4.90 Å². The fourth-order valence-corrected chi connectivity index (χ4v) is 3.39. The van der Waals surface area contributed by atoms with Crippen LogP contribution in [0, 0.1) is 23.7 Å². The van der Waals surface area contributed by atoms with Crippen LogP contribution < -0.4 is 0 Å². The standard InChI is InChI=1S/C13H25N/c1-9(2)12-10-6-7-14(8-11(10)12)13(3,4)5/h9-12H,6-8H2,1-5H3/t10-,11+,12+/m0/s1. The van der Waals surface area contributed by atoms with Crippen molar-refractivity contribution in [2.45, 2.75) is 46.6 Å². The van der Waals surface area contributed by atoms with Crippen LogP contribution in [0.25, 0.3) is 0 Å². The maximum Gasteiger partial charge on any atom is 0.0125 e. The number of piperidine rings is 1. The largest absolute Gasteiger partial charge is 0.298 e. The summed E-state index contributed by atoms with van der Waals surface area (Å²) in [6.45, 7) is 14.5. The lowest BCUT2D eigenvalue weighted by molar-refractivity contribution is 0.104. The first kappa shape index (κ1) is 10.5. The molecule has 0 bridgehead atoms. The van der Waals surface area contributed by atoms with Gasteiger partial charge >= 0.3 is 0 Å². The van der Waals surface area contributed by atoms with E-state index in [1.165, 1.54) is 19.5 Å². The minimum atomic E-state index is 0.384. The van der Waals surface area contributed by atoms with Gasteiger partial charge in [-0.25, -0.2) is 0 Å². The van der Waals surface area contributed by atoms with Crippen molar-refractivity contribution in [3.05, 3.63) is 0 Å². The molecule has 0 N–H and O–H groups in total. The van der Waals surface area contributed by atoms with E-state index < -0.39 is 0 Å². The summed E-state index contributed by atoms with van der Waals surface area (Å²) in [5.41, 5.74) is 0.384. The molecular weight excluding hydrogens is 170 g/mol. The van der Waals surface area contributed by atoms with Crippen molar-refractivity contribution in [1.29, 1.82) is 0 Å². The van der Waals surface area contributed by atoms with Crippen molar-refractivity contribution in [2.24, 2.45) is 23.7 Å². The van der Waals surface area contributed by atoms with Gasteiger partial charge in [-0.1, -0.05) is 13.8 Å². The number of fused-ring (bicyclic) bond motifs is 1. The number of likely N-dealkylation sites (tertiary alicyclic amines) is 1. The molecule has 1 saturated heterocycles. The Hall–Kier alpha value is -0.0400. The normalized spacial score (nSPS) is 38.6. The van der Waals surface area contributed by atoms with Gasteiger partial charge in [-0.2, -0.15) is 0 Å². The third kappa shape index (κ3) is 1.71. The molecule has 1 heteroatoms. The van der Waals surface area contributed by atoms with E-state index in [1.54, 1.807) is 0 Å². The summed E-state index contributed by atoms with van der Waals surface area (Å²) in [5.74, 6) is 4.06. The summed E-state index contributed by atoms with van der Waals surface area (Å²) in [4.78, 5) is 2.68. The van der Waals surface area contributed by atoms with Gasteiger partial charge in [0.2, 0.25) is 0 Å². The molecule has 1 aliphatic heterocycles. The van der Waals surface area contributed by atoms with Crippen molar-refractivity contribution in [2.75, 3.05) is 13.1 Å². The van der Waals surface area contributed by atoms with Crippen LogP contribution in [0.2, 0.25) is 0 Å². The second-order valence-electron chi connectivity index (χ2n) is 6.55. The highest BCUT2D eigenvalue weighted by molar-refractivity contribution is 5.04. The zero-order valence-corrected chi connectivity index (χ0v) is 10.4. The molecule has 2 aliphatic rings. The van der Waals surface area contributed by atoms with Gasteiger partial charge in [0.15, 0.2) is 0 Å². The molecule has 0 spiro atoms. The maximum atomic E-state index is 2.68. The Labute approximate surface area is 88.9 Å². The van der Waals surface area contributed by atoms with Crippen LogP contribution in [-0.4, -0.2) is 23.5 Å². The quantitative estimate of drug-likeness (QED) is 0.621. The lowest BCUT2D eigenvalue weighted by Crippen LogP contribution is -2.45. The predicted molar refractivity (Wildman–Crippen MR) is 61.3 cm³/mol. The van der Waals surface area contributed by atoms with E-state index in [0.717, 1.165) is 23.7 Å². The highest BCUT2D eigenvalue weighted by Gasteiger charge is 2.54. The van der Waals surface area contributed by atoms with Crippen LogP contribution in [-0.2, 0) is 0 Å². The molecule has 1 nitrogen and oxygen atoms in total. The highest BCUT2D eigenvalue weighted by atomic mass is 15.2. The first-order chi connectivity index (χ1) is 6.41. The Morgan fingerprint density at radius 2 is 1.79 bits per heavy atom. The molecule has 3 atom stereocenters. The highest BCUT2D eigenvalue weighted by Crippen LogP contribution is 2.55. The van der Waals surface area contributed by atoms with Gasteiger partial charge in [0.25, 0.3) is 0 Å². The number of nitrogens with zero attached hydrogens (tertiary/aromatic N) is 1. The van der Waals surface area contributed by atoms with Gasteiger partial charge in [-0.05, 0) is 57.4 Å². The topological polar surface area (TPSA) is 3.24 Å². The van der Waals surface area contributed by atoms with E-state index in [4.69, 9.17) is 0 Å². The number of rotatable bonds is 1. The summed E-state index contributed by atoms with van der Waals surface area (Å²) in [7, 11) is 0. The molecule has 1 aliphatic carbocycles. The van der Waals surface area contributed by atoms with Crippen molar-refractivity contribution in [3.63, 3.8) is 0 Å². The Morgan fingerprint density at radius 1 is 1.14 bits per heavy atom. The Bertz CT molecular complexity index is 214. The fraction of sp³-hybridized carbons (Fsp3) is 1.00. The van der Waals surface area contributed by atoms with E-state index in [0.29, 0.717) is 5.54 Å². The second kappa shape index (κ2) is 3.23. The van der Waals surface area contributed by atoms with E-state index in [9.17, 15) is 0 Å². The maximum absolute atomic E-state index is 2.68. The summed E-state index contributed by atoms with van der Waals surface area (Å²) in [6, 6.07) is 0. The minimum absolute atomic E-state index is 0.384. The van der Waals surface area contributed by atoms with E-state index >= 15 is 0 Å². The molecule has 1 heterocycles. The SMILES string of the molecule is CC(C)[C@H]1[C@@H]2CN(C(C)(C)C)CC[C@@H]21. The number of hydrogen-bond acceptors (Lipinski definition) is 1. The van der Waals surface area contributed by atoms with E-state index in [1.807, 2.05) is 0 Å². The summed E-state index contributed by atoms with van der Waals surface area (Å²) >= 11 is 0. The van der Waals surface area contributed by atoms with Crippen LogP contribution >= 0.6 is 0 Å². The fourth-order valence-electron chi connectivity index (χ4n) is 3.39. The second-order valence-corrected chi connectivity index (χ2v) is 6.55. The Balaban J connectivity index is 1.94. The lowest BCUT2D eigenvalue weighted by Gasteiger charge is -2.38. The smallest absolute Gasteiger partial charge is 0.0125 e. The van der Waals surface area contributed by atoms with E-state index in [-0.39, 0.29) is 0 Å². The molecule has 2 fully saturated rings. The first-order valence-corrected chi connectivity index (χ1v) is 6.16. The van der Waals surface area contributed by atoms with Crippen LogP contribution in [0.5, 0.6) is 0 Å². The summed E-state index contributed by atoms with van der Waals surface area (Å²) in [5, 5.41) is 0. The van der Waals surface area contributed by atoms with Crippen LogP contribution in [0.3, 0.4) is 0 Å². The molecule has 0 unspecified atom stereocenters. The van der Waals surface area contributed by atoms with Gasteiger partial charge in [0, 0.05) is 12.1 Å². The molecule has 0 radical (unpaired) electrons. The molecule has 2 rings (SSSR count). The third-order valence-corrected chi connectivity index (χ3v) is 4.28. The third-order valence-electron chi connectivity index (χ3n) is 4.28. The molecule has 0 amide bonds. The molecule has 14 heavy (non-hydrogen) atoms. The van der Waals surface area contributed by atoms with Crippen molar-refractivity contribution in [1.82, 2.24) is 4.90 Å². The van der Waals surface area contributed by atoms with Gasteiger partial charge in [-0.15, -0.1) is 0 Å². The predicted octanol–water partition coefficient (Wildman–Crippen LogP) is 3.01. The summed E-state index contributed by atoms with van der Waals surface area (Å²) in [6.07, 6.45) is 1.45. The van der Waals surface area contributed by atoms with E-state index in [2.05, 4.69) is 39.5 Å². The van der Waals surface area contributed by atoms with Gasteiger partial charge in [0.1, 0.15) is 0 Å². The average molecular weight is 195 g/mol. The van der Waals surface area contributed by atoms with Crippen molar-refractivity contribution < 1.29 is 0 Å². The monoisotopic (exact) mass is 195 g/mol. The average Bonchev–Trinajstić information content (AvgIpc) is 2.74. The Morgan fingerprint density at radius 3 is 2.29 bits per heavy atom. The van der Waals surface area contributed by atoms with Gasteiger partial charge < -0.3 is 0 Å². The molecule has 1 saturated carbocycles. The van der Waals surface area contributed by atoms with Crippen LogP contribution in [0.1, 0.15) is 41.0 Å². The Kier molecular flexibility index (Phi) is 2.42. The molecule has 0 aromatic heterocycles. The molecule has 0 aromatic carbocycles. The zero-order chi connectivity index (χ0) is 10.5. The first-order valence-electron chi connectivity index (χ1n) is 6.16. The summed E-state index contributed by atoms with van der Waals surface area (Å²) < 4.78 is 0. The van der Waals surface area contributed by atoms with Gasteiger partial charge in [0.05, 0.1) is 0 Å². The lowest BCUT2D eigenvalue weighted by atomic mass is 10.0. The molecule has 0 aromatic rings.